The maximum atomic E-state index is 14.5. The quantitative estimate of drug-likeness (QED) is 0.146. The number of fused-ring (bicyclic) bond motifs is 2. The summed E-state index contributed by atoms with van der Waals surface area (Å²) in [6.07, 6.45) is 5.00. The van der Waals surface area contributed by atoms with Gasteiger partial charge in [0.1, 0.15) is 29.6 Å². The third-order valence-electron chi connectivity index (χ3n) is 8.52. The molecule has 3 N–H and O–H groups in total. The maximum Gasteiger partial charge on any atom is 0.407 e. The van der Waals surface area contributed by atoms with Gasteiger partial charge in [-0.1, -0.05) is 17.7 Å². The number of carbonyl (C=O) groups excluding carboxylic acids is 1. The van der Waals surface area contributed by atoms with Crippen LogP contribution in [0.3, 0.4) is 0 Å². The molecule has 4 atom stereocenters. The van der Waals surface area contributed by atoms with Gasteiger partial charge in [-0.15, -0.1) is 0 Å². The zero-order valence-corrected chi connectivity index (χ0v) is 27.4. The molecule has 250 valence electrons. The molecule has 2 aromatic carbocycles. The lowest BCUT2D eigenvalue weighted by atomic mass is 10.1. The van der Waals surface area contributed by atoms with Crippen molar-refractivity contribution >= 4 is 34.5 Å². The molecule has 0 unspecified atom stereocenters. The lowest BCUT2D eigenvalue weighted by Crippen LogP contribution is -2.34. The van der Waals surface area contributed by atoms with Crippen molar-refractivity contribution in [2.24, 2.45) is 5.92 Å². The molecule has 0 bridgehead atoms. The second-order valence-corrected chi connectivity index (χ2v) is 12.7. The number of anilines is 1. The summed E-state index contributed by atoms with van der Waals surface area (Å²) in [6.45, 7) is 5.99. The Morgan fingerprint density at radius 2 is 1.91 bits per heavy atom. The lowest BCUT2D eigenvalue weighted by molar-refractivity contribution is -0.160. The minimum absolute atomic E-state index is 0.0423. The smallest absolute Gasteiger partial charge is 0.407 e. The highest BCUT2D eigenvalue weighted by Gasteiger charge is 2.54. The number of benzene rings is 2. The number of nitrogens with zero attached hydrogens (tertiary/aromatic N) is 3. The van der Waals surface area contributed by atoms with Crippen LogP contribution >= 0.6 is 11.6 Å². The fourth-order valence-corrected chi connectivity index (χ4v) is 6.51. The zero-order valence-electron chi connectivity index (χ0n) is 26.7. The lowest BCUT2D eigenvalue weighted by Gasteiger charge is -2.24. The van der Waals surface area contributed by atoms with Crippen molar-refractivity contribution in [3.8, 4) is 11.5 Å². The summed E-state index contributed by atoms with van der Waals surface area (Å²) in [5.74, 6) is 0.483. The average molecular weight is 667 g/mol. The van der Waals surface area contributed by atoms with Gasteiger partial charge in [-0.25, -0.2) is 19.2 Å². The summed E-state index contributed by atoms with van der Waals surface area (Å²) in [4.78, 5) is 21.1. The van der Waals surface area contributed by atoms with Crippen LogP contribution < -0.4 is 20.7 Å². The Morgan fingerprint density at radius 1 is 1.11 bits per heavy atom. The van der Waals surface area contributed by atoms with Crippen molar-refractivity contribution in [1.29, 1.82) is 0 Å². The first-order chi connectivity index (χ1) is 22.7. The summed E-state index contributed by atoms with van der Waals surface area (Å²) >= 11 is 5.88. The molecule has 1 saturated carbocycles. The third kappa shape index (κ3) is 7.78. The molecule has 1 aliphatic carbocycles. The molecule has 13 heteroatoms. The van der Waals surface area contributed by atoms with E-state index in [4.69, 9.17) is 30.5 Å². The van der Waals surface area contributed by atoms with E-state index in [9.17, 15) is 9.18 Å². The molecular formula is C34H40ClFN6O5. The van der Waals surface area contributed by atoms with E-state index >= 15 is 0 Å². The number of hydrogen-bond acceptors (Lipinski definition) is 9. The number of alkyl carbamates (subject to hydrolysis) is 1. The van der Waals surface area contributed by atoms with Gasteiger partial charge in [0.05, 0.1) is 24.1 Å². The number of aromatic nitrogens is 3. The molecule has 0 radical (unpaired) electrons. The number of hydrogen-bond donors (Lipinski definition) is 3. The molecular weight excluding hydrogens is 627 g/mol. The van der Waals surface area contributed by atoms with Gasteiger partial charge >= 0.3 is 6.09 Å². The molecule has 6 rings (SSSR count). The highest BCUT2D eigenvalue weighted by Crippen LogP contribution is 2.47. The molecule has 11 nitrogen and oxygen atoms in total. The van der Waals surface area contributed by atoms with E-state index in [2.05, 4.69) is 36.7 Å². The van der Waals surface area contributed by atoms with Gasteiger partial charge in [-0.05, 0) is 81.3 Å². The van der Waals surface area contributed by atoms with E-state index in [-0.39, 0.29) is 36.5 Å². The zero-order chi connectivity index (χ0) is 33.0. The Bertz CT molecular complexity index is 1690. The van der Waals surface area contributed by atoms with Crippen LogP contribution in [0, 0.1) is 11.7 Å². The van der Waals surface area contributed by atoms with E-state index in [1.54, 1.807) is 42.7 Å². The number of ether oxygens (including phenoxy) is 4. The highest BCUT2D eigenvalue weighted by atomic mass is 35.5. The van der Waals surface area contributed by atoms with Crippen molar-refractivity contribution in [2.45, 2.75) is 57.1 Å². The largest absolute Gasteiger partial charge is 0.454 e. The van der Waals surface area contributed by atoms with Gasteiger partial charge < -0.3 is 39.5 Å². The molecule has 1 saturated heterocycles. The van der Waals surface area contributed by atoms with Gasteiger partial charge in [0.2, 0.25) is 0 Å². The molecule has 0 spiro atoms. The third-order valence-corrected chi connectivity index (χ3v) is 8.77. The Balaban J connectivity index is 0.907. The van der Waals surface area contributed by atoms with Gasteiger partial charge in [0.25, 0.3) is 0 Å². The van der Waals surface area contributed by atoms with E-state index in [0.717, 1.165) is 42.8 Å². The summed E-state index contributed by atoms with van der Waals surface area (Å²) < 4.78 is 40.3. The van der Waals surface area contributed by atoms with Gasteiger partial charge in [0.15, 0.2) is 17.4 Å². The second kappa shape index (κ2) is 14.4. The predicted molar refractivity (Wildman–Crippen MR) is 177 cm³/mol. The average Bonchev–Trinajstić information content (AvgIpc) is 3.71. The monoisotopic (exact) mass is 666 g/mol. The highest BCUT2D eigenvalue weighted by molar-refractivity contribution is 6.30. The standard InChI is InChI=1S/C34H40ClFN6O5/c1-34(2)46-29-22(18-27(30(29)47-34)42-15-11-25-31(37-3)40-20-41-32(25)42)19-38-13-4-14-39-33(43)44-16-12-21-5-10-28(26(36)17-21)45-24-8-6-23(35)7-9-24/h5-11,15,17,20,22,27,29-30,38H,4,12-14,16,18-19H2,1-3H3,(H,39,43)(H,37,40,41)/t22-,27-,29-,30+/m1/s1. The van der Waals surface area contributed by atoms with Crippen LogP contribution in [-0.4, -0.2) is 71.9 Å². The molecule has 3 heterocycles. The van der Waals surface area contributed by atoms with E-state index in [1.807, 2.05) is 27.0 Å². The molecule has 2 aliphatic rings. The van der Waals surface area contributed by atoms with E-state index < -0.39 is 17.7 Å². The Kier molecular flexibility index (Phi) is 10.1. The van der Waals surface area contributed by atoms with Crippen LogP contribution in [0.1, 0.15) is 38.3 Å². The van der Waals surface area contributed by atoms with Crippen molar-refractivity contribution in [1.82, 2.24) is 25.2 Å². The van der Waals surface area contributed by atoms with Crippen molar-refractivity contribution in [2.75, 3.05) is 38.6 Å². The van der Waals surface area contributed by atoms with Crippen LogP contribution in [0.2, 0.25) is 5.02 Å². The summed E-state index contributed by atoms with van der Waals surface area (Å²) in [5, 5.41) is 11.0. The molecule has 2 aromatic heterocycles. The normalized spacial score (nSPS) is 21.5. The maximum absolute atomic E-state index is 14.5. The molecule has 2 fully saturated rings. The molecule has 1 amide bonds. The Hall–Kier alpha value is -3.97. The first-order valence-electron chi connectivity index (χ1n) is 15.9. The van der Waals surface area contributed by atoms with Crippen LogP contribution in [-0.2, 0) is 20.6 Å². The number of carbonyl (C=O) groups is 1. The topological polar surface area (TPSA) is 121 Å². The fraction of sp³-hybridized carbons (Fsp3) is 0.441. The van der Waals surface area contributed by atoms with Crippen molar-refractivity contribution < 1.29 is 28.1 Å². The SMILES string of the molecule is CNc1ncnc2c1ccn2[C@@H]1C[C@H](CNCCCNC(=O)OCCc2ccc(Oc3ccc(Cl)cc3)c(F)c2)[C@H]2OC(C)(C)O[C@H]21. The Morgan fingerprint density at radius 3 is 2.70 bits per heavy atom. The molecule has 4 aromatic rings. The van der Waals surface area contributed by atoms with E-state index in [1.165, 1.54) is 6.07 Å². The van der Waals surface area contributed by atoms with E-state index in [0.29, 0.717) is 29.3 Å². The fourth-order valence-electron chi connectivity index (χ4n) is 6.38. The first-order valence-corrected chi connectivity index (χ1v) is 16.3. The summed E-state index contributed by atoms with van der Waals surface area (Å²) in [7, 11) is 1.85. The number of rotatable bonds is 13. The Labute approximate surface area is 278 Å². The van der Waals surface area contributed by atoms with Crippen LogP contribution in [0.4, 0.5) is 15.0 Å². The van der Waals surface area contributed by atoms with Crippen LogP contribution in [0.5, 0.6) is 11.5 Å². The summed E-state index contributed by atoms with van der Waals surface area (Å²) in [6, 6.07) is 13.5. The minimum Gasteiger partial charge on any atom is -0.454 e. The number of nitrogens with one attached hydrogen (secondary N) is 3. The van der Waals surface area contributed by atoms with Gasteiger partial charge in [0, 0.05) is 43.7 Å². The van der Waals surface area contributed by atoms with Crippen molar-refractivity contribution in [3.63, 3.8) is 0 Å². The molecule has 47 heavy (non-hydrogen) atoms. The molecule has 1 aliphatic heterocycles. The second-order valence-electron chi connectivity index (χ2n) is 12.3. The minimum atomic E-state index is -0.658. The van der Waals surface area contributed by atoms with Crippen molar-refractivity contribution in [3.05, 3.63) is 77.5 Å². The number of halogens is 2. The van der Waals surface area contributed by atoms with Gasteiger partial charge in [-0.2, -0.15) is 0 Å². The van der Waals surface area contributed by atoms with Crippen LogP contribution in [0.15, 0.2) is 61.1 Å². The number of amides is 1. The van der Waals surface area contributed by atoms with Gasteiger partial charge in [-0.3, -0.25) is 0 Å². The van der Waals surface area contributed by atoms with Crippen LogP contribution in [0.25, 0.3) is 11.0 Å². The predicted octanol–water partition coefficient (Wildman–Crippen LogP) is 6.09. The summed E-state index contributed by atoms with van der Waals surface area (Å²) in [5.41, 5.74) is 1.57. The first kappa shape index (κ1) is 33.0.